The molecule has 0 aliphatic rings. The van der Waals surface area contributed by atoms with E-state index >= 15 is 0 Å². The average molecular weight is 205 g/mol. The minimum Gasteiger partial charge on any atom is -0.388 e. The molecule has 0 aliphatic heterocycles. The van der Waals surface area contributed by atoms with Crippen molar-refractivity contribution < 1.29 is 5.11 Å². The SMILES string of the molecule is CC[C@@H](O)c1cccc(Cl)c1Cl. The molecule has 0 bridgehead atoms. The molecule has 0 fully saturated rings. The summed E-state index contributed by atoms with van der Waals surface area (Å²) in [5.41, 5.74) is 0.701. The van der Waals surface area contributed by atoms with Crippen molar-refractivity contribution in [3.05, 3.63) is 33.8 Å². The Labute approximate surface area is 81.9 Å². The number of aliphatic hydroxyl groups is 1. The second-order valence-corrected chi connectivity index (χ2v) is 3.35. The Kier molecular flexibility index (Phi) is 3.39. The standard InChI is InChI=1S/C9H10Cl2O/c1-2-8(12)6-4-3-5-7(10)9(6)11/h3-5,8,12H,2H2,1H3/t8-/m1/s1. The van der Waals surface area contributed by atoms with Gasteiger partial charge in [-0.1, -0.05) is 42.3 Å². The fraction of sp³-hybridized carbons (Fsp3) is 0.333. The van der Waals surface area contributed by atoms with Crippen LogP contribution >= 0.6 is 23.2 Å². The summed E-state index contributed by atoms with van der Waals surface area (Å²) in [6.07, 6.45) is 0.122. The molecule has 3 heteroatoms. The van der Waals surface area contributed by atoms with Crippen LogP contribution in [0.5, 0.6) is 0 Å². The number of hydrogen-bond donors (Lipinski definition) is 1. The predicted octanol–water partition coefficient (Wildman–Crippen LogP) is 3.44. The molecular weight excluding hydrogens is 195 g/mol. The van der Waals surface area contributed by atoms with Crippen LogP contribution < -0.4 is 0 Å². The van der Waals surface area contributed by atoms with Gasteiger partial charge in [-0.3, -0.25) is 0 Å². The zero-order chi connectivity index (χ0) is 9.14. The van der Waals surface area contributed by atoms with Gasteiger partial charge in [-0.05, 0) is 12.5 Å². The van der Waals surface area contributed by atoms with Crippen LogP contribution in [0, 0.1) is 0 Å². The van der Waals surface area contributed by atoms with Crippen molar-refractivity contribution in [3.8, 4) is 0 Å². The minimum absolute atomic E-state index is 0.452. The molecule has 1 aromatic rings. The van der Waals surface area contributed by atoms with Crippen molar-refractivity contribution in [2.45, 2.75) is 19.4 Å². The van der Waals surface area contributed by atoms with Gasteiger partial charge in [0.15, 0.2) is 0 Å². The lowest BCUT2D eigenvalue weighted by Crippen LogP contribution is -1.95. The number of hydrogen-bond acceptors (Lipinski definition) is 1. The lowest BCUT2D eigenvalue weighted by atomic mass is 10.1. The van der Waals surface area contributed by atoms with Gasteiger partial charge >= 0.3 is 0 Å². The highest BCUT2D eigenvalue weighted by Crippen LogP contribution is 2.30. The zero-order valence-corrected chi connectivity index (χ0v) is 8.23. The largest absolute Gasteiger partial charge is 0.388 e. The van der Waals surface area contributed by atoms with Crippen molar-refractivity contribution in [2.75, 3.05) is 0 Å². The van der Waals surface area contributed by atoms with Gasteiger partial charge in [0.25, 0.3) is 0 Å². The lowest BCUT2D eigenvalue weighted by Gasteiger charge is -2.10. The van der Waals surface area contributed by atoms with Crippen molar-refractivity contribution >= 4 is 23.2 Å². The molecule has 1 N–H and O–H groups in total. The van der Waals surface area contributed by atoms with E-state index in [9.17, 15) is 5.11 Å². The monoisotopic (exact) mass is 204 g/mol. The summed E-state index contributed by atoms with van der Waals surface area (Å²) in [5, 5.41) is 10.4. The number of aliphatic hydroxyl groups excluding tert-OH is 1. The summed E-state index contributed by atoms with van der Waals surface area (Å²) in [6, 6.07) is 5.26. The van der Waals surface area contributed by atoms with E-state index in [2.05, 4.69) is 0 Å². The summed E-state index contributed by atoms with van der Waals surface area (Å²) in [6.45, 7) is 1.89. The van der Waals surface area contributed by atoms with Crippen LogP contribution in [0.4, 0.5) is 0 Å². The quantitative estimate of drug-likeness (QED) is 0.783. The highest BCUT2D eigenvalue weighted by Gasteiger charge is 2.10. The van der Waals surface area contributed by atoms with Gasteiger partial charge in [0.05, 0.1) is 16.1 Å². The third-order valence-electron chi connectivity index (χ3n) is 1.73. The molecule has 0 aliphatic carbocycles. The molecule has 0 saturated heterocycles. The Morgan fingerprint density at radius 1 is 1.42 bits per heavy atom. The van der Waals surface area contributed by atoms with Crippen LogP contribution in [0.1, 0.15) is 25.0 Å². The minimum atomic E-state index is -0.517. The molecule has 0 spiro atoms. The van der Waals surface area contributed by atoms with Crippen molar-refractivity contribution in [3.63, 3.8) is 0 Å². The molecule has 0 heterocycles. The summed E-state index contributed by atoms with van der Waals surface area (Å²) >= 11 is 11.6. The molecule has 0 amide bonds. The van der Waals surface area contributed by atoms with E-state index in [4.69, 9.17) is 23.2 Å². The van der Waals surface area contributed by atoms with Crippen LogP contribution in [-0.2, 0) is 0 Å². The van der Waals surface area contributed by atoms with E-state index in [0.29, 0.717) is 22.0 Å². The second-order valence-electron chi connectivity index (χ2n) is 2.57. The Morgan fingerprint density at radius 2 is 2.08 bits per heavy atom. The van der Waals surface area contributed by atoms with Gasteiger partial charge in [-0.2, -0.15) is 0 Å². The van der Waals surface area contributed by atoms with Crippen molar-refractivity contribution in [2.24, 2.45) is 0 Å². The smallest absolute Gasteiger partial charge is 0.0802 e. The molecule has 0 aromatic heterocycles. The Morgan fingerprint density at radius 3 is 2.67 bits per heavy atom. The van der Waals surface area contributed by atoms with Crippen molar-refractivity contribution in [1.82, 2.24) is 0 Å². The third kappa shape index (κ3) is 1.92. The normalized spacial score (nSPS) is 13.0. The van der Waals surface area contributed by atoms with Gasteiger partial charge in [0, 0.05) is 5.56 Å². The first kappa shape index (κ1) is 9.85. The van der Waals surface area contributed by atoms with Crippen LogP contribution in [0.3, 0.4) is 0 Å². The van der Waals surface area contributed by atoms with Crippen LogP contribution in [-0.4, -0.2) is 5.11 Å². The highest BCUT2D eigenvalue weighted by atomic mass is 35.5. The summed E-state index contributed by atoms with van der Waals surface area (Å²) in [7, 11) is 0. The maximum Gasteiger partial charge on any atom is 0.0802 e. The first-order chi connectivity index (χ1) is 5.66. The van der Waals surface area contributed by atoms with E-state index in [1.54, 1.807) is 18.2 Å². The van der Waals surface area contributed by atoms with Crippen molar-refractivity contribution in [1.29, 1.82) is 0 Å². The molecule has 1 aromatic carbocycles. The molecule has 1 atom stereocenters. The third-order valence-corrected chi connectivity index (χ3v) is 2.56. The second kappa shape index (κ2) is 4.13. The molecule has 1 rings (SSSR count). The fourth-order valence-corrected chi connectivity index (χ4v) is 1.43. The molecular formula is C9H10Cl2O. The predicted molar refractivity (Wildman–Crippen MR) is 51.7 cm³/mol. The van der Waals surface area contributed by atoms with Gasteiger partial charge in [0.1, 0.15) is 0 Å². The van der Waals surface area contributed by atoms with Crippen LogP contribution in [0.25, 0.3) is 0 Å². The molecule has 12 heavy (non-hydrogen) atoms. The Balaban J connectivity index is 3.07. The fourth-order valence-electron chi connectivity index (χ4n) is 0.998. The summed E-state index contributed by atoms with van der Waals surface area (Å²) in [4.78, 5) is 0. The van der Waals surface area contributed by atoms with E-state index in [1.165, 1.54) is 0 Å². The van der Waals surface area contributed by atoms with Gasteiger partial charge in [-0.25, -0.2) is 0 Å². The maximum atomic E-state index is 9.49. The Bertz CT molecular complexity index is 273. The highest BCUT2D eigenvalue weighted by molar-refractivity contribution is 6.42. The van der Waals surface area contributed by atoms with Crippen LogP contribution in [0.2, 0.25) is 10.0 Å². The van der Waals surface area contributed by atoms with E-state index in [1.807, 2.05) is 6.92 Å². The number of halogens is 2. The van der Waals surface area contributed by atoms with E-state index in [0.717, 1.165) is 0 Å². The number of rotatable bonds is 2. The average Bonchev–Trinajstić information content (AvgIpc) is 2.08. The first-order valence-electron chi connectivity index (χ1n) is 3.78. The van der Waals surface area contributed by atoms with E-state index in [-0.39, 0.29) is 0 Å². The maximum absolute atomic E-state index is 9.49. The molecule has 1 nitrogen and oxygen atoms in total. The molecule has 0 radical (unpaired) electrons. The summed E-state index contributed by atoms with van der Waals surface area (Å²) < 4.78 is 0. The Hall–Kier alpha value is -0.240. The lowest BCUT2D eigenvalue weighted by molar-refractivity contribution is 0.174. The molecule has 66 valence electrons. The van der Waals surface area contributed by atoms with E-state index < -0.39 is 6.10 Å². The number of benzene rings is 1. The van der Waals surface area contributed by atoms with Gasteiger partial charge in [-0.15, -0.1) is 0 Å². The molecule has 0 unspecified atom stereocenters. The zero-order valence-electron chi connectivity index (χ0n) is 6.72. The topological polar surface area (TPSA) is 20.2 Å². The summed E-state index contributed by atoms with van der Waals surface area (Å²) in [5.74, 6) is 0. The van der Waals surface area contributed by atoms with Gasteiger partial charge in [0.2, 0.25) is 0 Å². The van der Waals surface area contributed by atoms with Crippen LogP contribution in [0.15, 0.2) is 18.2 Å². The molecule has 0 saturated carbocycles. The first-order valence-corrected chi connectivity index (χ1v) is 4.54. The van der Waals surface area contributed by atoms with Gasteiger partial charge < -0.3 is 5.11 Å².